The summed E-state index contributed by atoms with van der Waals surface area (Å²) in [6.45, 7) is 0. The van der Waals surface area contributed by atoms with Gasteiger partial charge in [-0.1, -0.05) is 0 Å². The smallest absolute Gasteiger partial charge is 0.242 e. The maximum atomic E-state index is 10.8. The van der Waals surface area contributed by atoms with Crippen LogP contribution in [-0.4, -0.2) is 18.2 Å². The average molecular weight is 240 g/mol. The van der Waals surface area contributed by atoms with Gasteiger partial charge in [0.05, 0.1) is 0 Å². The number of nitrogens with two attached hydrogens (primary N) is 1. The fourth-order valence-electron chi connectivity index (χ4n) is 0.630. The molecule has 0 unspecified atom stereocenters. The van der Waals surface area contributed by atoms with Crippen molar-refractivity contribution in [3.05, 3.63) is 10.8 Å². The minimum atomic E-state index is -3.64. The van der Waals surface area contributed by atoms with Crippen molar-refractivity contribution in [3.8, 4) is 0 Å². The van der Waals surface area contributed by atoms with Crippen LogP contribution in [0.2, 0.25) is 0 Å². The summed E-state index contributed by atoms with van der Waals surface area (Å²) in [6.07, 6.45) is 1.33. The first-order valence-corrected chi connectivity index (χ1v) is 4.97. The van der Waals surface area contributed by atoms with Crippen LogP contribution >= 0.6 is 15.9 Å². The first kappa shape index (κ1) is 8.69. The van der Waals surface area contributed by atoms with Crippen molar-refractivity contribution >= 4 is 26.0 Å². The van der Waals surface area contributed by atoms with Gasteiger partial charge in [0.25, 0.3) is 0 Å². The Hall–Kier alpha value is -0.400. The Bertz CT molecular complexity index is 369. The molecule has 0 radical (unpaired) electrons. The van der Waals surface area contributed by atoms with Gasteiger partial charge in [-0.05, 0) is 15.9 Å². The normalized spacial score (nSPS) is 11.9. The summed E-state index contributed by atoms with van der Waals surface area (Å²) >= 11 is 2.96. The lowest BCUT2D eigenvalue weighted by Crippen LogP contribution is -2.11. The van der Waals surface area contributed by atoms with E-state index in [0.29, 0.717) is 0 Å². The summed E-state index contributed by atoms with van der Waals surface area (Å²) in [5.41, 5.74) is 0. The Morgan fingerprint density at radius 3 is 2.45 bits per heavy atom. The summed E-state index contributed by atoms with van der Waals surface area (Å²) in [7, 11) is -2.03. The largest absolute Gasteiger partial charge is 0.273 e. The van der Waals surface area contributed by atoms with Gasteiger partial charge >= 0.3 is 0 Å². The molecule has 0 fully saturated rings. The Morgan fingerprint density at radius 2 is 2.27 bits per heavy atom. The highest BCUT2D eigenvalue weighted by Crippen LogP contribution is 2.17. The second-order valence-electron chi connectivity index (χ2n) is 2.00. The summed E-state index contributed by atoms with van der Waals surface area (Å²) in [6, 6.07) is 0. The van der Waals surface area contributed by atoms with E-state index in [9.17, 15) is 8.42 Å². The van der Waals surface area contributed by atoms with Crippen LogP contribution in [0.5, 0.6) is 0 Å². The van der Waals surface area contributed by atoms with E-state index in [1.165, 1.54) is 10.9 Å². The van der Waals surface area contributed by atoms with Crippen molar-refractivity contribution < 1.29 is 8.42 Å². The number of halogens is 1. The first-order chi connectivity index (χ1) is 4.91. The molecule has 5 nitrogen and oxygen atoms in total. The topological polar surface area (TPSA) is 78.0 Å². The molecule has 0 aliphatic rings. The van der Waals surface area contributed by atoms with E-state index in [4.69, 9.17) is 5.14 Å². The van der Waals surface area contributed by atoms with Crippen molar-refractivity contribution in [3.63, 3.8) is 0 Å². The molecule has 62 valence electrons. The van der Waals surface area contributed by atoms with Crippen molar-refractivity contribution in [1.29, 1.82) is 0 Å². The summed E-state index contributed by atoms with van der Waals surface area (Å²) in [4.78, 5) is 0.000000000000000222. The third-order valence-corrected chi connectivity index (χ3v) is 2.82. The van der Waals surface area contributed by atoms with Crippen LogP contribution in [0, 0.1) is 0 Å². The Balaban J connectivity index is 3.36. The van der Waals surface area contributed by atoms with E-state index >= 15 is 0 Å². The fraction of sp³-hybridized carbons (Fsp3) is 0.250. The number of sulfonamides is 1. The number of nitrogens with zero attached hydrogens (tertiary/aromatic N) is 2. The number of aryl methyl sites for hydroxylation is 1. The lowest BCUT2D eigenvalue weighted by atomic mass is 10.7. The molecule has 2 N–H and O–H groups in total. The third kappa shape index (κ3) is 1.79. The number of hydrogen-bond acceptors (Lipinski definition) is 3. The number of rotatable bonds is 1. The molecule has 0 aromatic carbocycles. The van der Waals surface area contributed by atoms with Crippen LogP contribution < -0.4 is 5.14 Å². The highest BCUT2D eigenvalue weighted by Gasteiger charge is 2.15. The van der Waals surface area contributed by atoms with Gasteiger partial charge in [-0.15, -0.1) is 0 Å². The SMILES string of the molecule is Cn1cc(S(N)(=O)=O)c(Br)n1. The molecule has 7 heteroatoms. The summed E-state index contributed by atoms with van der Waals surface area (Å²) < 4.78 is 23.1. The van der Waals surface area contributed by atoms with E-state index in [0.717, 1.165) is 0 Å². The molecule has 0 bridgehead atoms. The molecule has 0 aliphatic carbocycles. The highest BCUT2D eigenvalue weighted by atomic mass is 79.9. The van der Waals surface area contributed by atoms with Gasteiger partial charge < -0.3 is 0 Å². The van der Waals surface area contributed by atoms with Crippen LogP contribution in [0.3, 0.4) is 0 Å². The van der Waals surface area contributed by atoms with Gasteiger partial charge in [-0.25, -0.2) is 13.6 Å². The maximum Gasteiger partial charge on any atom is 0.242 e. The molecule has 0 atom stereocenters. The predicted octanol–water partition coefficient (Wildman–Crippen LogP) is -0.170. The molecule has 11 heavy (non-hydrogen) atoms. The molecule has 0 spiro atoms. The van der Waals surface area contributed by atoms with E-state index < -0.39 is 10.0 Å². The summed E-state index contributed by atoms with van der Waals surface area (Å²) in [5.74, 6) is 0. The van der Waals surface area contributed by atoms with Crippen LogP contribution in [-0.2, 0) is 17.1 Å². The molecule has 1 heterocycles. The van der Waals surface area contributed by atoms with Crippen LogP contribution in [0.15, 0.2) is 15.7 Å². The fourth-order valence-corrected chi connectivity index (χ4v) is 2.23. The van der Waals surface area contributed by atoms with E-state index in [-0.39, 0.29) is 9.50 Å². The quantitative estimate of drug-likeness (QED) is 0.740. The average Bonchev–Trinajstić information content (AvgIpc) is 2.08. The zero-order chi connectivity index (χ0) is 8.65. The Labute approximate surface area is 72.4 Å². The van der Waals surface area contributed by atoms with Gasteiger partial charge in [0.2, 0.25) is 10.0 Å². The van der Waals surface area contributed by atoms with Crippen molar-refractivity contribution in [2.75, 3.05) is 0 Å². The Kier molecular flexibility index (Phi) is 2.04. The van der Waals surface area contributed by atoms with Crippen molar-refractivity contribution in [2.45, 2.75) is 4.90 Å². The van der Waals surface area contributed by atoms with Gasteiger partial charge in [0.1, 0.15) is 9.50 Å². The highest BCUT2D eigenvalue weighted by molar-refractivity contribution is 9.10. The zero-order valence-electron chi connectivity index (χ0n) is 5.65. The number of hydrogen-bond donors (Lipinski definition) is 1. The van der Waals surface area contributed by atoms with Gasteiger partial charge in [-0.2, -0.15) is 5.10 Å². The standard InChI is InChI=1S/C4H6BrN3O2S/c1-8-2-3(4(5)7-8)11(6,9)10/h2H,1H3,(H2,6,9,10). The molecule has 0 aliphatic heterocycles. The van der Waals surface area contributed by atoms with E-state index in [1.807, 2.05) is 0 Å². The lowest BCUT2D eigenvalue weighted by Gasteiger charge is -1.89. The zero-order valence-corrected chi connectivity index (χ0v) is 8.05. The van der Waals surface area contributed by atoms with Crippen LogP contribution in [0.1, 0.15) is 0 Å². The van der Waals surface area contributed by atoms with E-state index in [2.05, 4.69) is 21.0 Å². The van der Waals surface area contributed by atoms with Gasteiger partial charge in [-0.3, -0.25) is 4.68 Å². The minimum Gasteiger partial charge on any atom is -0.273 e. The number of primary sulfonamides is 1. The monoisotopic (exact) mass is 239 g/mol. The number of aromatic nitrogens is 2. The minimum absolute atomic E-state index is 0.000000000000000222. The van der Waals surface area contributed by atoms with Crippen LogP contribution in [0.4, 0.5) is 0 Å². The molecule has 0 saturated heterocycles. The second-order valence-corrected chi connectivity index (χ2v) is 4.28. The Morgan fingerprint density at radius 1 is 1.73 bits per heavy atom. The van der Waals surface area contributed by atoms with Gasteiger partial charge in [0, 0.05) is 13.2 Å². The van der Waals surface area contributed by atoms with E-state index in [1.54, 1.807) is 7.05 Å². The molecular weight excluding hydrogens is 234 g/mol. The van der Waals surface area contributed by atoms with Crippen LogP contribution in [0.25, 0.3) is 0 Å². The molecule has 1 rings (SSSR count). The lowest BCUT2D eigenvalue weighted by molar-refractivity contribution is 0.597. The second kappa shape index (κ2) is 2.58. The molecule has 0 amide bonds. The molecule has 1 aromatic heterocycles. The molecule has 1 aromatic rings. The molecular formula is C4H6BrN3O2S. The van der Waals surface area contributed by atoms with Gasteiger partial charge in [0.15, 0.2) is 0 Å². The maximum absolute atomic E-state index is 10.8. The van der Waals surface area contributed by atoms with Crippen molar-refractivity contribution in [1.82, 2.24) is 9.78 Å². The van der Waals surface area contributed by atoms with Crippen molar-refractivity contribution in [2.24, 2.45) is 12.2 Å². The predicted molar refractivity (Wildman–Crippen MR) is 42.3 cm³/mol. The third-order valence-electron chi connectivity index (χ3n) is 1.06. The molecule has 0 saturated carbocycles. The summed E-state index contributed by atoms with van der Waals surface area (Å²) in [5, 5.41) is 8.61. The first-order valence-electron chi connectivity index (χ1n) is 2.63.